The fourth-order valence-corrected chi connectivity index (χ4v) is 4.99. The first-order valence-electron chi connectivity index (χ1n) is 12.4. The van der Waals surface area contributed by atoms with E-state index in [0.29, 0.717) is 12.5 Å². The van der Waals surface area contributed by atoms with Crippen LogP contribution in [0.2, 0.25) is 0 Å². The summed E-state index contributed by atoms with van der Waals surface area (Å²) in [6, 6.07) is 11.1. The van der Waals surface area contributed by atoms with Crippen molar-refractivity contribution in [2.45, 2.75) is 46.1 Å². The van der Waals surface area contributed by atoms with Crippen molar-refractivity contribution < 1.29 is 0 Å². The van der Waals surface area contributed by atoms with Gasteiger partial charge >= 0.3 is 0 Å². The quantitative estimate of drug-likeness (QED) is 0.365. The van der Waals surface area contributed by atoms with E-state index in [1.807, 2.05) is 40.5 Å². The first kappa shape index (κ1) is 22.4. The van der Waals surface area contributed by atoms with E-state index in [4.69, 9.17) is 10.1 Å². The van der Waals surface area contributed by atoms with E-state index < -0.39 is 0 Å². The first-order chi connectivity index (χ1) is 17.4. The molecule has 4 aromatic heterocycles. The molecule has 6 rings (SSSR count). The molecule has 0 bridgehead atoms. The van der Waals surface area contributed by atoms with Crippen LogP contribution in [0, 0.1) is 6.92 Å². The van der Waals surface area contributed by atoms with Crippen molar-refractivity contribution in [2.24, 2.45) is 14.1 Å². The summed E-state index contributed by atoms with van der Waals surface area (Å²) >= 11 is 0. The van der Waals surface area contributed by atoms with E-state index in [1.54, 1.807) is 0 Å². The monoisotopic (exact) mass is 478 g/mol. The van der Waals surface area contributed by atoms with Crippen LogP contribution >= 0.6 is 0 Å². The summed E-state index contributed by atoms with van der Waals surface area (Å²) in [6.45, 7) is 6.32. The minimum absolute atomic E-state index is 0.340. The van der Waals surface area contributed by atoms with Crippen LogP contribution in [0.3, 0.4) is 0 Å². The maximum atomic E-state index is 5.05. The number of fused-ring (bicyclic) bond motifs is 3. The van der Waals surface area contributed by atoms with E-state index in [-0.39, 0.29) is 0 Å². The Bertz CT molecular complexity index is 1550. The van der Waals surface area contributed by atoms with Gasteiger partial charge in [-0.2, -0.15) is 15.3 Å². The lowest BCUT2D eigenvalue weighted by Gasteiger charge is -2.16. The molecule has 0 amide bonds. The van der Waals surface area contributed by atoms with E-state index in [0.717, 1.165) is 69.4 Å². The fraction of sp³-hybridized carbons (Fsp3) is 0.321. The molecule has 0 saturated carbocycles. The average molecular weight is 479 g/mol. The van der Waals surface area contributed by atoms with Gasteiger partial charge < -0.3 is 0 Å². The summed E-state index contributed by atoms with van der Waals surface area (Å²) in [5, 5.41) is 14.0. The summed E-state index contributed by atoms with van der Waals surface area (Å²) in [5.41, 5.74) is 11.0. The second kappa shape index (κ2) is 8.55. The SMILES string of the molecule is Cc1cc(Cc2ncc3c(n2)-c2c(nn(C)c2-c2ccc(-c4cnn(C(C)C)c4)cc2)CC3)nn1C. The zero-order chi connectivity index (χ0) is 25.0. The third kappa shape index (κ3) is 3.82. The highest BCUT2D eigenvalue weighted by molar-refractivity contribution is 5.84. The lowest BCUT2D eigenvalue weighted by Crippen LogP contribution is -2.09. The molecule has 0 radical (unpaired) electrons. The summed E-state index contributed by atoms with van der Waals surface area (Å²) < 4.78 is 5.87. The second-order valence-electron chi connectivity index (χ2n) is 9.91. The highest BCUT2D eigenvalue weighted by atomic mass is 15.3. The van der Waals surface area contributed by atoms with Crippen molar-refractivity contribution in [3.63, 3.8) is 0 Å². The van der Waals surface area contributed by atoms with Crippen LogP contribution < -0.4 is 0 Å². The number of aromatic nitrogens is 8. The van der Waals surface area contributed by atoms with Gasteiger partial charge in [0.25, 0.3) is 0 Å². The molecule has 5 aromatic rings. The molecular weight excluding hydrogens is 448 g/mol. The third-order valence-corrected chi connectivity index (χ3v) is 7.03. The van der Waals surface area contributed by atoms with Gasteiger partial charge in [-0.3, -0.25) is 14.0 Å². The summed E-state index contributed by atoms with van der Waals surface area (Å²) in [5.74, 6) is 0.784. The Morgan fingerprint density at radius 1 is 0.917 bits per heavy atom. The number of aryl methyl sites for hydroxylation is 5. The van der Waals surface area contributed by atoms with Gasteiger partial charge in [0.2, 0.25) is 0 Å². The third-order valence-electron chi connectivity index (χ3n) is 7.03. The van der Waals surface area contributed by atoms with E-state index in [1.165, 1.54) is 5.56 Å². The molecule has 8 nitrogen and oxygen atoms in total. The van der Waals surface area contributed by atoms with Crippen LogP contribution in [0.15, 0.2) is 48.9 Å². The molecule has 0 unspecified atom stereocenters. The number of nitrogens with zero attached hydrogens (tertiary/aromatic N) is 8. The van der Waals surface area contributed by atoms with Gasteiger partial charge in [-0.15, -0.1) is 0 Å². The smallest absolute Gasteiger partial charge is 0.134 e. The second-order valence-corrected chi connectivity index (χ2v) is 9.91. The highest BCUT2D eigenvalue weighted by Gasteiger charge is 2.27. The summed E-state index contributed by atoms with van der Waals surface area (Å²) in [7, 11) is 3.98. The Hall–Kier alpha value is -4.07. The lowest BCUT2D eigenvalue weighted by atomic mass is 9.91. The first-order valence-corrected chi connectivity index (χ1v) is 12.4. The van der Waals surface area contributed by atoms with Crippen molar-refractivity contribution in [2.75, 3.05) is 0 Å². The predicted octanol–water partition coefficient (Wildman–Crippen LogP) is 4.72. The van der Waals surface area contributed by atoms with Gasteiger partial charge in [0.05, 0.1) is 35.4 Å². The largest absolute Gasteiger partial charge is 0.273 e. The molecule has 0 N–H and O–H groups in total. The van der Waals surface area contributed by atoms with Gasteiger partial charge in [0.1, 0.15) is 5.82 Å². The normalized spacial score (nSPS) is 12.7. The Morgan fingerprint density at radius 2 is 1.69 bits per heavy atom. The molecular formula is C28H30N8. The molecule has 1 aliphatic carbocycles. The molecule has 1 aromatic carbocycles. The zero-order valence-electron chi connectivity index (χ0n) is 21.4. The maximum absolute atomic E-state index is 5.05. The molecule has 0 saturated heterocycles. The number of hydrogen-bond acceptors (Lipinski definition) is 5. The minimum Gasteiger partial charge on any atom is -0.273 e. The van der Waals surface area contributed by atoms with E-state index in [2.05, 4.69) is 72.5 Å². The average Bonchev–Trinajstić information content (AvgIpc) is 3.56. The molecule has 36 heavy (non-hydrogen) atoms. The van der Waals surface area contributed by atoms with Crippen molar-refractivity contribution in [3.8, 4) is 33.6 Å². The van der Waals surface area contributed by atoms with Crippen molar-refractivity contribution in [1.29, 1.82) is 0 Å². The van der Waals surface area contributed by atoms with Gasteiger partial charge in [-0.05, 0) is 50.8 Å². The number of rotatable bonds is 5. The molecule has 182 valence electrons. The summed E-state index contributed by atoms with van der Waals surface area (Å²) in [4.78, 5) is 9.72. The van der Waals surface area contributed by atoms with E-state index in [9.17, 15) is 0 Å². The van der Waals surface area contributed by atoms with Crippen molar-refractivity contribution >= 4 is 0 Å². The van der Waals surface area contributed by atoms with Gasteiger partial charge in [0.15, 0.2) is 0 Å². The Labute approximate surface area is 210 Å². The highest BCUT2D eigenvalue weighted by Crippen LogP contribution is 2.39. The summed E-state index contributed by atoms with van der Waals surface area (Å²) in [6.07, 6.45) is 8.43. The molecule has 4 heterocycles. The standard InChI is InChI=1S/C28H30N8/c1-17(2)36-16-22(15-30-36)19-6-8-20(9-7-19)28-26-24(33-35(28)5)11-10-21-14-29-25(31-27(21)26)13-23-12-18(3)34(4)32-23/h6-9,12,14-17H,10-11,13H2,1-5H3. The Kier molecular flexibility index (Phi) is 5.32. The van der Waals surface area contributed by atoms with E-state index >= 15 is 0 Å². The van der Waals surface area contributed by atoms with Crippen molar-refractivity contribution in [1.82, 2.24) is 39.3 Å². The van der Waals surface area contributed by atoms with Crippen LogP contribution in [0.1, 0.15) is 48.4 Å². The molecule has 1 aliphatic rings. The van der Waals surface area contributed by atoms with Crippen LogP contribution in [0.5, 0.6) is 0 Å². The maximum Gasteiger partial charge on any atom is 0.134 e. The number of benzene rings is 1. The van der Waals surface area contributed by atoms with Crippen LogP contribution in [-0.2, 0) is 33.4 Å². The molecule has 0 aliphatic heterocycles. The molecule has 0 fully saturated rings. The fourth-order valence-electron chi connectivity index (χ4n) is 4.99. The van der Waals surface area contributed by atoms with Gasteiger partial charge in [-0.25, -0.2) is 9.97 Å². The Morgan fingerprint density at radius 3 is 2.39 bits per heavy atom. The van der Waals surface area contributed by atoms with Crippen LogP contribution in [-0.4, -0.2) is 39.3 Å². The number of hydrogen-bond donors (Lipinski definition) is 0. The van der Waals surface area contributed by atoms with Crippen LogP contribution in [0.25, 0.3) is 33.6 Å². The van der Waals surface area contributed by atoms with Gasteiger partial charge in [0, 0.05) is 54.9 Å². The molecule has 0 spiro atoms. The topological polar surface area (TPSA) is 79.2 Å². The molecule has 0 atom stereocenters. The van der Waals surface area contributed by atoms with Gasteiger partial charge in [-0.1, -0.05) is 24.3 Å². The lowest BCUT2D eigenvalue weighted by molar-refractivity contribution is 0.532. The predicted molar refractivity (Wildman–Crippen MR) is 139 cm³/mol. The van der Waals surface area contributed by atoms with Crippen molar-refractivity contribution in [3.05, 3.63) is 77.4 Å². The zero-order valence-corrected chi connectivity index (χ0v) is 21.4. The minimum atomic E-state index is 0.340. The van der Waals surface area contributed by atoms with Crippen LogP contribution in [0.4, 0.5) is 0 Å². The molecule has 8 heteroatoms. The Balaban J connectivity index is 1.37.